The third kappa shape index (κ3) is 3.92. The first-order valence-corrected chi connectivity index (χ1v) is 9.27. The quantitative estimate of drug-likeness (QED) is 0.740. The van der Waals surface area contributed by atoms with Crippen LogP contribution in [0, 0.1) is 0 Å². The van der Waals surface area contributed by atoms with Gasteiger partial charge < -0.3 is 20.1 Å². The second kappa shape index (κ2) is 6.99. The molecule has 2 aromatic carbocycles. The van der Waals surface area contributed by atoms with Crippen LogP contribution >= 0.6 is 0 Å². The van der Waals surface area contributed by atoms with E-state index < -0.39 is 0 Å². The fourth-order valence-electron chi connectivity index (χ4n) is 3.48. The summed E-state index contributed by atoms with van der Waals surface area (Å²) in [5.41, 5.74) is 2.76. The number of nitrogens with one attached hydrogen (secondary N) is 2. The molecule has 0 radical (unpaired) electrons. The van der Waals surface area contributed by atoms with Gasteiger partial charge in [-0.3, -0.25) is 4.79 Å². The molecule has 0 saturated heterocycles. The molecule has 1 unspecified atom stereocenters. The number of hydrogen-bond donors (Lipinski definition) is 2. The molecule has 1 atom stereocenters. The molecular weight excluding hydrogens is 340 g/mol. The Morgan fingerprint density at radius 1 is 1.19 bits per heavy atom. The molecule has 0 spiro atoms. The summed E-state index contributed by atoms with van der Waals surface area (Å²) in [7, 11) is 0. The number of hydrogen-bond acceptors (Lipinski definition) is 4. The monoisotopic (exact) mass is 364 g/mol. The average molecular weight is 364 g/mol. The highest BCUT2D eigenvalue weighted by Gasteiger charge is 2.29. The molecule has 0 saturated carbocycles. The van der Waals surface area contributed by atoms with Gasteiger partial charge in [0.2, 0.25) is 0 Å². The van der Waals surface area contributed by atoms with E-state index in [9.17, 15) is 4.79 Å². The molecule has 2 aliphatic rings. The zero-order chi connectivity index (χ0) is 18.9. The number of fused-ring (bicyclic) bond motifs is 1. The third-order valence-electron chi connectivity index (χ3n) is 4.75. The van der Waals surface area contributed by atoms with Crippen LogP contribution in [0.25, 0.3) is 0 Å². The van der Waals surface area contributed by atoms with Gasteiger partial charge in [-0.15, -0.1) is 0 Å². The molecule has 5 heteroatoms. The Labute approximate surface area is 159 Å². The van der Waals surface area contributed by atoms with Crippen LogP contribution in [0.15, 0.2) is 60.5 Å². The average Bonchev–Trinajstić information content (AvgIpc) is 2.93. The van der Waals surface area contributed by atoms with Crippen LogP contribution in [0.2, 0.25) is 0 Å². The van der Waals surface area contributed by atoms with Gasteiger partial charge in [0, 0.05) is 11.6 Å². The minimum Gasteiger partial charge on any atom is -0.492 e. The van der Waals surface area contributed by atoms with Crippen LogP contribution in [0.5, 0.6) is 5.75 Å². The Morgan fingerprint density at radius 2 is 1.96 bits per heavy atom. The summed E-state index contributed by atoms with van der Waals surface area (Å²) >= 11 is 0. The predicted molar refractivity (Wildman–Crippen MR) is 104 cm³/mol. The summed E-state index contributed by atoms with van der Waals surface area (Å²) in [6.07, 6.45) is 2.82. The lowest BCUT2D eigenvalue weighted by molar-refractivity contribution is 0.0127. The molecule has 0 aliphatic carbocycles. The lowest BCUT2D eigenvalue weighted by Gasteiger charge is -2.34. The largest absolute Gasteiger partial charge is 0.492 e. The van der Waals surface area contributed by atoms with Crippen LogP contribution in [0.4, 0.5) is 0 Å². The molecule has 0 fully saturated rings. The minimum absolute atomic E-state index is 0.0177. The van der Waals surface area contributed by atoms with Gasteiger partial charge in [0.1, 0.15) is 18.0 Å². The number of rotatable bonds is 7. The number of benzene rings is 2. The zero-order valence-electron chi connectivity index (χ0n) is 15.6. The summed E-state index contributed by atoms with van der Waals surface area (Å²) in [5.74, 6) is 1.56. The SMILES string of the molecule is CC1(C)C=C(NCCOc2ccc3c(c2)C(Cc2ccccc2)NC3=O)O1. The van der Waals surface area contributed by atoms with Crippen molar-refractivity contribution < 1.29 is 14.3 Å². The maximum Gasteiger partial charge on any atom is 0.252 e. The van der Waals surface area contributed by atoms with E-state index in [1.807, 2.05) is 56.3 Å². The number of carbonyl (C=O) groups is 1. The van der Waals surface area contributed by atoms with E-state index in [1.165, 1.54) is 5.56 Å². The second-order valence-corrected chi connectivity index (χ2v) is 7.45. The van der Waals surface area contributed by atoms with Gasteiger partial charge in [0.25, 0.3) is 5.91 Å². The molecule has 0 aromatic heterocycles. The zero-order valence-corrected chi connectivity index (χ0v) is 15.6. The van der Waals surface area contributed by atoms with E-state index in [2.05, 4.69) is 22.8 Å². The van der Waals surface area contributed by atoms with Crippen molar-refractivity contribution in [1.29, 1.82) is 0 Å². The Balaban J connectivity index is 1.37. The summed E-state index contributed by atoms with van der Waals surface area (Å²) in [6, 6.07) is 15.8. The number of ether oxygens (including phenoxy) is 2. The lowest BCUT2D eigenvalue weighted by atomic mass is 9.98. The van der Waals surface area contributed by atoms with Gasteiger partial charge in [0.05, 0.1) is 12.6 Å². The molecule has 2 aliphatic heterocycles. The Hall–Kier alpha value is -2.95. The summed E-state index contributed by atoms with van der Waals surface area (Å²) in [5, 5.41) is 6.26. The van der Waals surface area contributed by atoms with Crippen LogP contribution in [0.3, 0.4) is 0 Å². The standard InChI is InChI=1S/C22H24N2O3/c1-22(2)14-20(27-22)23-10-11-26-16-8-9-17-18(13-16)19(24-21(17)25)12-15-6-4-3-5-7-15/h3-9,13-14,19,23H,10-12H2,1-2H3,(H,24,25). The Morgan fingerprint density at radius 3 is 2.70 bits per heavy atom. The third-order valence-corrected chi connectivity index (χ3v) is 4.75. The van der Waals surface area contributed by atoms with Crippen molar-refractivity contribution in [2.45, 2.75) is 31.9 Å². The molecular formula is C22H24N2O3. The summed E-state index contributed by atoms with van der Waals surface area (Å²) in [4.78, 5) is 12.2. The fraction of sp³-hybridized carbons (Fsp3) is 0.318. The maximum absolute atomic E-state index is 12.2. The summed E-state index contributed by atoms with van der Waals surface area (Å²) in [6.45, 7) is 5.20. The van der Waals surface area contributed by atoms with Gasteiger partial charge in [-0.05, 0) is 49.6 Å². The van der Waals surface area contributed by atoms with Crippen LogP contribution in [-0.4, -0.2) is 24.7 Å². The van der Waals surface area contributed by atoms with Crippen molar-refractivity contribution in [2.75, 3.05) is 13.2 Å². The second-order valence-electron chi connectivity index (χ2n) is 7.45. The van der Waals surface area contributed by atoms with Crippen molar-refractivity contribution in [2.24, 2.45) is 0 Å². The molecule has 0 bridgehead atoms. The van der Waals surface area contributed by atoms with Gasteiger partial charge >= 0.3 is 0 Å². The van der Waals surface area contributed by atoms with Crippen molar-refractivity contribution in [3.63, 3.8) is 0 Å². The van der Waals surface area contributed by atoms with Crippen LogP contribution < -0.4 is 15.4 Å². The first kappa shape index (κ1) is 17.5. The van der Waals surface area contributed by atoms with Gasteiger partial charge in [-0.2, -0.15) is 0 Å². The van der Waals surface area contributed by atoms with E-state index in [1.54, 1.807) is 0 Å². The molecule has 2 N–H and O–H groups in total. The van der Waals surface area contributed by atoms with Crippen LogP contribution in [0.1, 0.15) is 41.4 Å². The highest BCUT2D eigenvalue weighted by molar-refractivity contribution is 5.99. The molecule has 2 heterocycles. The van der Waals surface area contributed by atoms with Crippen molar-refractivity contribution in [1.82, 2.24) is 10.6 Å². The van der Waals surface area contributed by atoms with Gasteiger partial charge in [-0.1, -0.05) is 30.3 Å². The highest BCUT2D eigenvalue weighted by Crippen LogP contribution is 2.31. The van der Waals surface area contributed by atoms with E-state index in [0.717, 1.165) is 29.2 Å². The van der Waals surface area contributed by atoms with Crippen molar-refractivity contribution in [3.8, 4) is 5.75 Å². The molecule has 4 rings (SSSR count). The van der Waals surface area contributed by atoms with E-state index in [4.69, 9.17) is 9.47 Å². The first-order valence-electron chi connectivity index (χ1n) is 9.27. The van der Waals surface area contributed by atoms with Gasteiger partial charge in [-0.25, -0.2) is 0 Å². The minimum atomic E-state index is -0.170. The van der Waals surface area contributed by atoms with Crippen molar-refractivity contribution in [3.05, 3.63) is 77.2 Å². The molecule has 1 amide bonds. The van der Waals surface area contributed by atoms with E-state index >= 15 is 0 Å². The normalized spacial score (nSPS) is 19.3. The van der Waals surface area contributed by atoms with Gasteiger partial charge in [0.15, 0.2) is 5.88 Å². The fourth-order valence-corrected chi connectivity index (χ4v) is 3.48. The predicted octanol–water partition coefficient (Wildman–Crippen LogP) is 3.33. The highest BCUT2D eigenvalue weighted by atomic mass is 16.5. The first-order chi connectivity index (χ1) is 13.0. The van der Waals surface area contributed by atoms with E-state index in [-0.39, 0.29) is 17.6 Å². The topological polar surface area (TPSA) is 59.6 Å². The lowest BCUT2D eigenvalue weighted by Crippen LogP contribution is -2.38. The van der Waals surface area contributed by atoms with Crippen LogP contribution in [-0.2, 0) is 11.2 Å². The van der Waals surface area contributed by atoms with E-state index in [0.29, 0.717) is 13.2 Å². The number of amides is 1. The number of carbonyl (C=O) groups excluding carboxylic acids is 1. The Kier molecular flexibility index (Phi) is 4.52. The summed E-state index contributed by atoms with van der Waals surface area (Å²) < 4.78 is 11.4. The molecule has 27 heavy (non-hydrogen) atoms. The molecule has 2 aromatic rings. The Bertz CT molecular complexity index is 874. The molecule has 140 valence electrons. The smallest absolute Gasteiger partial charge is 0.252 e. The maximum atomic E-state index is 12.2. The van der Waals surface area contributed by atoms with Crippen molar-refractivity contribution >= 4 is 5.91 Å². The molecule has 5 nitrogen and oxygen atoms in total.